The molecule has 96 valence electrons. The lowest BCUT2D eigenvalue weighted by Crippen LogP contribution is -2.06. The van der Waals surface area contributed by atoms with Crippen molar-refractivity contribution in [3.05, 3.63) is 47.8 Å². The Balaban J connectivity index is 1.96. The Morgan fingerprint density at radius 3 is 3.00 bits per heavy atom. The van der Waals surface area contributed by atoms with Crippen molar-refractivity contribution in [1.29, 1.82) is 0 Å². The fraction of sp³-hybridized carbons (Fsp3) is 0.214. The normalized spacial score (nSPS) is 11.0. The Bertz CT molecular complexity index is 717. The Labute approximate surface area is 111 Å². The average Bonchev–Trinajstić information content (AvgIpc) is 2.79. The van der Waals surface area contributed by atoms with Crippen LogP contribution in [0.15, 0.2) is 36.5 Å². The summed E-state index contributed by atoms with van der Waals surface area (Å²) in [6.45, 7) is 2.73. The molecular formula is C14H15N5. The van der Waals surface area contributed by atoms with Gasteiger partial charge in [-0.05, 0) is 30.2 Å². The Hall–Kier alpha value is -2.43. The van der Waals surface area contributed by atoms with Crippen LogP contribution in [0.2, 0.25) is 0 Å². The third-order valence-corrected chi connectivity index (χ3v) is 3.20. The molecule has 5 nitrogen and oxygen atoms in total. The van der Waals surface area contributed by atoms with Crippen LogP contribution >= 0.6 is 0 Å². The summed E-state index contributed by atoms with van der Waals surface area (Å²) in [7, 11) is 0. The molecule has 0 saturated carbocycles. The Morgan fingerprint density at radius 1 is 1.26 bits per heavy atom. The highest BCUT2D eigenvalue weighted by molar-refractivity contribution is 5.78. The van der Waals surface area contributed by atoms with Gasteiger partial charge in [0.2, 0.25) is 0 Å². The molecule has 0 amide bonds. The van der Waals surface area contributed by atoms with E-state index < -0.39 is 0 Å². The summed E-state index contributed by atoms with van der Waals surface area (Å²) >= 11 is 0. The summed E-state index contributed by atoms with van der Waals surface area (Å²) in [5.41, 5.74) is 8.94. The summed E-state index contributed by atoms with van der Waals surface area (Å²) in [4.78, 5) is 4.31. The summed E-state index contributed by atoms with van der Waals surface area (Å²) in [5.74, 6) is 0.518. The zero-order chi connectivity index (χ0) is 13.2. The zero-order valence-corrected chi connectivity index (χ0v) is 10.7. The van der Waals surface area contributed by atoms with E-state index in [9.17, 15) is 0 Å². The van der Waals surface area contributed by atoms with Crippen LogP contribution in [0.1, 0.15) is 18.2 Å². The van der Waals surface area contributed by atoms with E-state index >= 15 is 0 Å². The average molecular weight is 253 g/mol. The van der Waals surface area contributed by atoms with Gasteiger partial charge in [0.25, 0.3) is 0 Å². The van der Waals surface area contributed by atoms with Crippen LogP contribution in [-0.2, 0) is 13.0 Å². The number of anilines is 1. The minimum atomic E-state index is 0.518. The first-order valence-corrected chi connectivity index (χ1v) is 6.29. The predicted molar refractivity (Wildman–Crippen MR) is 74.7 cm³/mol. The lowest BCUT2D eigenvalue weighted by molar-refractivity contribution is 0.622. The predicted octanol–water partition coefficient (Wildman–Crippen LogP) is 2.02. The van der Waals surface area contributed by atoms with E-state index in [0.717, 1.165) is 23.0 Å². The summed E-state index contributed by atoms with van der Waals surface area (Å²) in [5, 5.41) is 9.14. The van der Waals surface area contributed by atoms with Gasteiger partial charge in [-0.15, -0.1) is 5.10 Å². The van der Waals surface area contributed by atoms with Crippen molar-refractivity contribution < 1.29 is 0 Å². The fourth-order valence-corrected chi connectivity index (χ4v) is 2.23. The number of hydrogen-bond donors (Lipinski definition) is 1. The SMILES string of the molecule is CCc1c(N)nnn1Cc1ccc2ncccc2c1. The lowest BCUT2D eigenvalue weighted by atomic mass is 10.1. The zero-order valence-electron chi connectivity index (χ0n) is 10.7. The number of hydrogen-bond acceptors (Lipinski definition) is 4. The second kappa shape index (κ2) is 4.68. The molecule has 3 rings (SSSR count). The topological polar surface area (TPSA) is 69.6 Å². The van der Waals surface area contributed by atoms with Crippen molar-refractivity contribution in [2.75, 3.05) is 5.73 Å². The molecule has 2 N–H and O–H groups in total. The first kappa shape index (κ1) is 11.6. The molecule has 0 aliphatic heterocycles. The van der Waals surface area contributed by atoms with Gasteiger partial charge in [-0.1, -0.05) is 24.3 Å². The quantitative estimate of drug-likeness (QED) is 0.775. The molecule has 3 aromatic rings. The van der Waals surface area contributed by atoms with E-state index in [1.807, 2.05) is 16.8 Å². The largest absolute Gasteiger partial charge is 0.381 e. The third kappa shape index (κ3) is 2.14. The minimum absolute atomic E-state index is 0.518. The maximum absolute atomic E-state index is 5.79. The molecule has 0 bridgehead atoms. The fourth-order valence-electron chi connectivity index (χ4n) is 2.23. The van der Waals surface area contributed by atoms with Gasteiger partial charge in [-0.25, -0.2) is 4.68 Å². The van der Waals surface area contributed by atoms with Gasteiger partial charge in [0.15, 0.2) is 5.82 Å². The van der Waals surface area contributed by atoms with Gasteiger partial charge < -0.3 is 5.73 Å². The van der Waals surface area contributed by atoms with E-state index in [0.29, 0.717) is 12.4 Å². The van der Waals surface area contributed by atoms with Crippen molar-refractivity contribution in [3.63, 3.8) is 0 Å². The van der Waals surface area contributed by atoms with Gasteiger partial charge in [0.1, 0.15) is 0 Å². The molecule has 0 spiro atoms. The number of nitrogen functional groups attached to an aromatic ring is 1. The first-order chi connectivity index (χ1) is 9.28. The highest BCUT2D eigenvalue weighted by Crippen LogP contribution is 2.16. The summed E-state index contributed by atoms with van der Waals surface area (Å²) in [6.07, 6.45) is 2.63. The van der Waals surface area contributed by atoms with E-state index in [1.165, 1.54) is 5.56 Å². The minimum Gasteiger partial charge on any atom is -0.381 e. The molecule has 0 atom stereocenters. The van der Waals surface area contributed by atoms with E-state index in [4.69, 9.17) is 5.73 Å². The first-order valence-electron chi connectivity index (χ1n) is 6.29. The van der Waals surface area contributed by atoms with Crippen LogP contribution < -0.4 is 5.73 Å². The van der Waals surface area contributed by atoms with Crippen LogP contribution in [-0.4, -0.2) is 20.0 Å². The van der Waals surface area contributed by atoms with Crippen molar-refractivity contribution in [1.82, 2.24) is 20.0 Å². The molecule has 0 fully saturated rings. The molecule has 0 aliphatic carbocycles. The van der Waals surface area contributed by atoms with Gasteiger partial charge in [-0.3, -0.25) is 4.98 Å². The van der Waals surface area contributed by atoms with Crippen molar-refractivity contribution in [3.8, 4) is 0 Å². The molecule has 5 heteroatoms. The number of pyridine rings is 1. The van der Waals surface area contributed by atoms with Crippen LogP contribution in [0.5, 0.6) is 0 Å². The summed E-state index contributed by atoms with van der Waals surface area (Å²) < 4.78 is 1.85. The number of nitrogens with zero attached hydrogens (tertiary/aromatic N) is 4. The Morgan fingerprint density at radius 2 is 2.16 bits per heavy atom. The molecule has 1 aromatic carbocycles. The van der Waals surface area contributed by atoms with Gasteiger partial charge in [0.05, 0.1) is 17.8 Å². The van der Waals surface area contributed by atoms with Crippen LogP contribution in [0, 0.1) is 0 Å². The molecule has 2 heterocycles. The second-order valence-electron chi connectivity index (χ2n) is 4.46. The standard InChI is InChI=1S/C14H15N5/c1-2-13-14(15)17-18-19(13)9-10-5-6-12-11(8-10)4-3-7-16-12/h3-8H,2,9,15H2,1H3. The maximum Gasteiger partial charge on any atom is 0.169 e. The van der Waals surface area contributed by atoms with Crippen molar-refractivity contribution in [2.24, 2.45) is 0 Å². The third-order valence-electron chi connectivity index (χ3n) is 3.20. The van der Waals surface area contributed by atoms with Crippen molar-refractivity contribution in [2.45, 2.75) is 19.9 Å². The number of rotatable bonds is 3. The molecule has 2 aromatic heterocycles. The van der Waals surface area contributed by atoms with Gasteiger partial charge >= 0.3 is 0 Å². The van der Waals surface area contributed by atoms with E-state index in [-0.39, 0.29) is 0 Å². The highest BCUT2D eigenvalue weighted by atomic mass is 15.4. The number of nitrogens with two attached hydrogens (primary N) is 1. The molecule has 19 heavy (non-hydrogen) atoms. The van der Waals surface area contributed by atoms with E-state index in [1.54, 1.807) is 6.20 Å². The second-order valence-corrected chi connectivity index (χ2v) is 4.46. The van der Waals surface area contributed by atoms with E-state index in [2.05, 4.69) is 40.4 Å². The van der Waals surface area contributed by atoms with Crippen LogP contribution in [0.4, 0.5) is 5.82 Å². The molecule has 0 radical (unpaired) electrons. The number of aromatic nitrogens is 4. The number of fused-ring (bicyclic) bond motifs is 1. The number of benzene rings is 1. The van der Waals surface area contributed by atoms with Crippen LogP contribution in [0.25, 0.3) is 10.9 Å². The summed E-state index contributed by atoms with van der Waals surface area (Å²) in [6, 6.07) is 10.2. The molecule has 0 saturated heterocycles. The molecular weight excluding hydrogens is 238 g/mol. The highest BCUT2D eigenvalue weighted by Gasteiger charge is 2.08. The van der Waals surface area contributed by atoms with Gasteiger partial charge in [0, 0.05) is 11.6 Å². The van der Waals surface area contributed by atoms with Crippen LogP contribution in [0.3, 0.4) is 0 Å². The molecule has 0 aliphatic rings. The molecule has 0 unspecified atom stereocenters. The van der Waals surface area contributed by atoms with Crippen molar-refractivity contribution >= 4 is 16.7 Å². The smallest absolute Gasteiger partial charge is 0.169 e. The van der Waals surface area contributed by atoms with Gasteiger partial charge in [-0.2, -0.15) is 0 Å². The lowest BCUT2D eigenvalue weighted by Gasteiger charge is -2.06. The monoisotopic (exact) mass is 253 g/mol. The Kier molecular flexibility index (Phi) is 2.87. The maximum atomic E-state index is 5.79.